The van der Waals surface area contributed by atoms with Crippen LogP contribution in [0.15, 0.2) is 18.2 Å². The van der Waals surface area contributed by atoms with Gasteiger partial charge in [-0.05, 0) is 37.0 Å². The van der Waals surface area contributed by atoms with Crippen LogP contribution in [0.5, 0.6) is 5.75 Å². The molecule has 4 heteroatoms. The molecule has 0 spiro atoms. The van der Waals surface area contributed by atoms with Crippen LogP contribution in [-0.2, 0) is 0 Å². The minimum atomic E-state index is 0.0237. The summed E-state index contributed by atoms with van der Waals surface area (Å²) in [4.78, 5) is 14.6. The summed E-state index contributed by atoms with van der Waals surface area (Å²) < 4.78 is 5.27. The predicted octanol–water partition coefficient (Wildman–Crippen LogP) is 3.61. The number of ether oxygens (including phenoxy) is 1. The van der Waals surface area contributed by atoms with E-state index >= 15 is 0 Å². The first-order chi connectivity index (χ1) is 9.02. The van der Waals surface area contributed by atoms with Gasteiger partial charge in [-0.3, -0.25) is 4.79 Å². The third-order valence-corrected chi connectivity index (χ3v) is 3.44. The van der Waals surface area contributed by atoms with Gasteiger partial charge in [0.25, 0.3) is 5.91 Å². The maximum Gasteiger partial charge on any atom is 0.257 e. The molecule has 0 saturated heterocycles. The average Bonchev–Trinajstić information content (AvgIpc) is 3.19. The normalized spacial score (nSPS) is 14.6. The van der Waals surface area contributed by atoms with Crippen LogP contribution >= 0.6 is 11.6 Å². The minimum Gasteiger partial charge on any atom is -0.496 e. The van der Waals surface area contributed by atoms with Crippen molar-refractivity contribution in [2.75, 3.05) is 13.7 Å². The van der Waals surface area contributed by atoms with E-state index in [0.29, 0.717) is 28.3 Å². The first kappa shape index (κ1) is 14.2. The lowest BCUT2D eigenvalue weighted by Crippen LogP contribution is -2.36. The molecule has 1 fully saturated rings. The van der Waals surface area contributed by atoms with Gasteiger partial charge in [0.05, 0.1) is 12.7 Å². The van der Waals surface area contributed by atoms with E-state index in [9.17, 15) is 4.79 Å². The number of nitrogens with zero attached hydrogens (tertiary/aromatic N) is 1. The van der Waals surface area contributed by atoms with Crippen LogP contribution in [0.2, 0.25) is 5.02 Å². The SMILES string of the molecule is COc1ccc(Cl)cc1C(=O)N(CC(C)C)C1CC1. The molecule has 0 aromatic heterocycles. The number of amides is 1. The first-order valence-electron chi connectivity index (χ1n) is 6.67. The van der Waals surface area contributed by atoms with Gasteiger partial charge >= 0.3 is 0 Å². The molecule has 1 aliphatic rings. The lowest BCUT2D eigenvalue weighted by Gasteiger charge is -2.25. The Labute approximate surface area is 119 Å². The summed E-state index contributed by atoms with van der Waals surface area (Å²) in [5.41, 5.74) is 0.558. The molecule has 0 unspecified atom stereocenters. The molecule has 0 atom stereocenters. The molecule has 0 aliphatic heterocycles. The molecule has 0 radical (unpaired) electrons. The molecule has 104 valence electrons. The second-order valence-electron chi connectivity index (χ2n) is 5.43. The Morgan fingerprint density at radius 3 is 2.68 bits per heavy atom. The quantitative estimate of drug-likeness (QED) is 0.825. The predicted molar refractivity (Wildman–Crippen MR) is 76.9 cm³/mol. The molecule has 2 rings (SSSR count). The molecule has 1 saturated carbocycles. The molecule has 0 N–H and O–H groups in total. The third kappa shape index (κ3) is 3.41. The monoisotopic (exact) mass is 281 g/mol. The first-order valence-corrected chi connectivity index (χ1v) is 7.05. The van der Waals surface area contributed by atoms with Gasteiger partial charge in [-0.25, -0.2) is 0 Å². The van der Waals surface area contributed by atoms with Crippen molar-refractivity contribution in [2.45, 2.75) is 32.7 Å². The maximum atomic E-state index is 12.7. The number of carbonyl (C=O) groups is 1. The van der Waals surface area contributed by atoms with Crippen LogP contribution in [0.4, 0.5) is 0 Å². The third-order valence-electron chi connectivity index (χ3n) is 3.20. The van der Waals surface area contributed by atoms with Crippen molar-refractivity contribution in [1.29, 1.82) is 0 Å². The van der Waals surface area contributed by atoms with Gasteiger partial charge in [0.2, 0.25) is 0 Å². The van der Waals surface area contributed by atoms with E-state index in [1.165, 1.54) is 0 Å². The van der Waals surface area contributed by atoms with Crippen LogP contribution in [-0.4, -0.2) is 30.5 Å². The van der Waals surface area contributed by atoms with Crippen molar-refractivity contribution in [3.63, 3.8) is 0 Å². The summed E-state index contributed by atoms with van der Waals surface area (Å²) in [6.45, 7) is 5.02. The van der Waals surface area contributed by atoms with Crippen LogP contribution in [0.1, 0.15) is 37.0 Å². The number of rotatable bonds is 5. The smallest absolute Gasteiger partial charge is 0.257 e. The Morgan fingerprint density at radius 2 is 2.16 bits per heavy atom. The summed E-state index contributed by atoms with van der Waals surface area (Å²) in [6.07, 6.45) is 2.20. The van der Waals surface area contributed by atoms with Crippen molar-refractivity contribution in [3.8, 4) is 5.75 Å². The molecule has 1 aromatic carbocycles. The molecule has 1 aliphatic carbocycles. The zero-order valence-electron chi connectivity index (χ0n) is 11.6. The number of hydrogen-bond acceptors (Lipinski definition) is 2. The van der Waals surface area contributed by atoms with Crippen molar-refractivity contribution in [2.24, 2.45) is 5.92 Å². The van der Waals surface area contributed by atoms with Gasteiger partial charge in [-0.1, -0.05) is 25.4 Å². The summed E-state index contributed by atoms with van der Waals surface area (Å²) >= 11 is 6.00. The summed E-state index contributed by atoms with van der Waals surface area (Å²) in [6, 6.07) is 5.56. The Bertz CT molecular complexity index is 469. The standard InChI is InChI=1S/C15H20ClNO2/c1-10(2)9-17(12-5-6-12)15(18)13-8-11(16)4-7-14(13)19-3/h4,7-8,10,12H,5-6,9H2,1-3H3. The lowest BCUT2D eigenvalue weighted by atomic mass is 10.1. The number of benzene rings is 1. The highest BCUT2D eigenvalue weighted by molar-refractivity contribution is 6.31. The molecular weight excluding hydrogens is 262 g/mol. The zero-order chi connectivity index (χ0) is 14.0. The van der Waals surface area contributed by atoms with E-state index in [4.69, 9.17) is 16.3 Å². The fourth-order valence-electron chi connectivity index (χ4n) is 2.18. The zero-order valence-corrected chi connectivity index (χ0v) is 12.4. The molecule has 19 heavy (non-hydrogen) atoms. The van der Waals surface area contributed by atoms with Gasteiger partial charge in [-0.15, -0.1) is 0 Å². The van der Waals surface area contributed by atoms with Crippen molar-refractivity contribution in [1.82, 2.24) is 4.90 Å². The van der Waals surface area contributed by atoms with Gasteiger partial charge in [0, 0.05) is 17.6 Å². The van der Waals surface area contributed by atoms with Gasteiger partial charge in [0.1, 0.15) is 5.75 Å². The molecular formula is C15H20ClNO2. The van der Waals surface area contributed by atoms with E-state index < -0.39 is 0 Å². The number of carbonyl (C=O) groups excluding carboxylic acids is 1. The van der Waals surface area contributed by atoms with E-state index in [-0.39, 0.29) is 5.91 Å². The maximum absolute atomic E-state index is 12.7. The van der Waals surface area contributed by atoms with E-state index in [0.717, 1.165) is 19.4 Å². The van der Waals surface area contributed by atoms with Gasteiger partial charge in [-0.2, -0.15) is 0 Å². The van der Waals surface area contributed by atoms with Crippen LogP contribution in [0, 0.1) is 5.92 Å². The van der Waals surface area contributed by atoms with Crippen molar-refractivity contribution >= 4 is 17.5 Å². The van der Waals surface area contributed by atoms with E-state index in [2.05, 4.69) is 13.8 Å². The second-order valence-corrected chi connectivity index (χ2v) is 5.86. The molecule has 3 nitrogen and oxygen atoms in total. The molecule has 0 bridgehead atoms. The Balaban J connectivity index is 2.28. The van der Waals surface area contributed by atoms with Crippen LogP contribution in [0.3, 0.4) is 0 Å². The van der Waals surface area contributed by atoms with Gasteiger partial charge < -0.3 is 9.64 Å². The van der Waals surface area contributed by atoms with Crippen molar-refractivity contribution in [3.05, 3.63) is 28.8 Å². The van der Waals surface area contributed by atoms with E-state index in [1.807, 2.05) is 4.90 Å². The highest BCUT2D eigenvalue weighted by Crippen LogP contribution is 2.31. The second kappa shape index (κ2) is 5.83. The molecule has 1 aromatic rings. The summed E-state index contributed by atoms with van der Waals surface area (Å²) in [7, 11) is 1.57. The summed E-state index contributed by atoms with van der Waals surface area (Å²) in [5, 5.41) is 0.560. The highest BCUT2D eigenvalue weighted by Gasteiger charge is 2.34. The topological polar surface area (TPSA) is 29.5 Å². The molecule has 0 heterocycles. The minimum absolute atomic E-state index is 0.0237. The summed E-state index contributed by atoms with van der Waals surface area (Å²) in [5.74, 6) is 1.06. The lowest BCUT2D eigenvalue weighted by molar-refractivity contribution is 0.0719. The van der Waals surface area contributed by atoms with Crippen LogP contribution < -0.4 is 4.74 Å². The molecule has 1 amide bonds. The Kier molecular flexibility index (Phi) is 4.35. The number of hydrogen-bond donors (Lipinski definition) is 0. The van der Waals surface area contributed by atoms with Gasteiger partial charge in [0.15, 0.2) is 0 Å². The van der Waals surface area contributed by atoms with Crippen molar-refractivity contribution < 1.29 is 9.53 Å². The highest BCUT2D eigenvalue weighted by atomic mass is 35.5. The van der Waals surface area contributed by atoms with Crippen LogP contribution in [0.25, 0.3) is 0 Å². The fraction of sp³-hybridized carbons (Fsp3) is 0.533. The largest absolute Gasteiger partial charge is 0.496 e. The van der Waals surface area contributed by atoms with E-state index in [1.54, 1.807) is 25.3 Å². The number of methoxy groups -OCH3 is 1. The average molecular weight is 282 g/mol. The Hall–Kier alpha value is -1.22. The Morgan fingerprint density at radius 1 is 1.47 bits per heavy atom. The fourth-order valence-corrected chi connectivity index (χ4v) is 2.35. The number of halogens is 1.